The van der Waals surface area contributed by atoms with Gasteiger partial charge in [-0.2, -0.15) is 0 Å². The third-order valence-corrected chi connectivity index (χ3v) is 3.72. The van der Waals surface area contributed by atoms with Crippen molar-refractivity contribution in [3.05, 3.63) is 42.0 Å². The summed E-state index contributed by atoms with van der Waals surface area (Å²) in [6.07, 6.45) is -1.07. The fourth-order valence-corrected chi connectivity index (χ4v) is 2.31. The van der Waals surface area contributed by atoms with Gasteiger partial charge in [0.1, 0.15) is 17.1 Å². The smallest absolute Gasteiger partial charge is 0.342 e. The average molecular weight is 359 g/mol. The lowest BCUT2D eigenvalue weighted by Crippen LogP contribution is -2.30. The van der Waals surface area contributed by atoms with Crippen molar-refractivity contribution in [2.75, 3.05) is 19.2 Å². The van der Waals surface area contributed by atoms with Crippen LogP contribution in [0.25, 0.3) is 0 Å². The van der Waals surface area contributed by atoms with E-state index >= 15 is 0 Å². The Morgan fingerprint density at radius 2 is 1.92 bits per heavy atom. The Morgan fingerprint density at radius 3 is 2.65 bits per heavy atom. The number of anilines is 1. The van der Waals surface area contributed by atoms with E-state index in [1.54, 1.807) is 18.2 Å². The van der Waals surface area contributed by atoms with Gasteiger partial charge in [0.2, 0.25) is 6.79 Å². The highest BCUT2D eigenvalue weighted by molar-refractivity contribution is 5.98. The molecular weight excluding hydrogens is 342 g/mol. The van der Waals surface area contributed by atoms with Crippen molar-refractivity contribution < 1.29 is 33.6 Å². The molecule has 0 fully saturated rings. The van der Waals surface area contributed by atoms with E-state index in [0.29, 0.717) is 22.9 Å². The first-order valence-electron chi connectivity index (χ1n) is 7.76. The minimum atomic E-state index is -1.07. The highest BCUT2D eigenvalue weighted by Gasteiger charge is 2.22. The first kappa shape index (κ1) is 17.4. The largest absolute Gasteiger partial charge is 0.507 e. The van der Waals surface area contributed by atoms with Crippen LogP contribution in [0.1, 0.15) is 17.3 Å². The molecule has 2 aromatic rings. The average Bonchev–Trinajstić information content (AvgIpc) is 3.09. The molecule has 0 radical (unpaired) electrons. The molecule has 0 bridgehead atoms. The number of hydrogen-bond donors (Lipinski definition) is 2. The van der Waals surface area contributed by atoms with Crippen LogP contribution in [0.5, 0.6) is 23.0 Å². The van der Waals surface area contributed by atoms with Crippen molar-refractivity contribution in [2.24, 2.45) is 0 Å². The number of fused-ring (bicyclic) bond motifs is 1. The molecule has 3 rings (SSSR count). The maximum absolute atomic E-state index is 12.2. The minimum absolute atomic E-state index is 0.0615. The molecule has 0 aliphatic carbocycles. The van der Waals surface area contributed by atoms with Crippen LogP contribution >= 0.6 is 0 Å². The summed E-state index contributed by atoms with van der Waals surface area (Å²) < 4.78 is 20.5. The van der Waals surface area contributed by atoms with E-state index in [1.165, 1.54) is 32.2 Å². The number of hydrogen-bond acceptors (Lipinski definition) is 7. The third-order valence-electron chi connectivity index (χ3n) is 3.72. The molecule has 1 aliphatic heterocycles. The van der Waals surface area contributed by atoms with Crippen LogP contribution in [-0.4, -0.2) is 37.0 Å². The van der Waals surface area contributed by atoms with Gasteiger partial charge in [-0.3, -0.25) is 4.79 Å². The number of benzene rings is 2. The van der Waals surface area contributed by atoms with Gasteiger partial charge in [-0.1, -0.05) is 0 Å². The normalized spacial score (nSPS) is 13.0. The Hall–Kier alpha value is -3.42. The molecule has 0 spiro atoms. The maximum Gasteiger partial charge on any atom is 0.342 e. The zero-order chi connectivity index (χ0) is 18.7. The van der Waals surface area contributed by atoms with Gasteiger partial charge < -0.3 is 29.4 Å². The summed E-state index contributed by atoms with van der Waals surface area (Å²) in [5.41, 5.74) is 0.419. The highest BCUT2D eigenvalue weighted by atomic mass is 16.7. The summed E-state index contributed by atoms with van der Waals surface area (Å²) in [6.45, 7) is 1.56. The van der Waals surface area contributed by atoms with E-state index in [0.717, 1.165) is 0 Å². The maximum atomic E-state index is 12.2. The van der Waals surface area contributed by atoms with Crippen LogP contribution in [0.15, 0.2) is 36.4 Å². The first-order chi connectivity index (χ1) is 12.5. The lowest BCUT2D eigenvalue weighted by molar-refractivity contribution is -0.123. The lowest BCUT2D eigenvalue weighted by Gasteiger charge is -2.14. The number of ether oxygens (including phenoxy) is 4. The number of amides is 1. The zero-order valence-corrected chi connectivity index (χ0v) is 14.1. The number of nitrogens with one attached hydrogen (secondary N) is 1. The first-order valence-corrected chi connectivity index (χ1v) is 7.76. The predicted octanol–water partition coefficient (Wildman–Crippen LogP) is 2.31. The van der Waals surface area contributed by atoms with Crippen LogP contribution in [0, 0.1) is 0 Å². The molecule has 0 aromatic heterocycles. The van der Waals surface area contributed by atoms with Crippen molar-refractivity contribution in [3.8, 4) is 23.0 Å². The standard InChI is InChI=1S/C18H17NO7/c1-10(26-18(22)13-5-4-12(23-2)8-14(13)20)17(21)19-11-3-6-15-16(7-11)25-9-24-15/h3-8,10,20H,9H2,1-2H3,(H,19,21)/t10-/m0/s1. The summed E-state index contributed by atoms with van der Waals surface area (Å²) in [6, 6.07) is 9.09. The Labute approximate surface area is 149 Å². The van der Waals surface area contributed by atoms with E-state index in [9.17, 15) is 14.7 Å². The van der Waals surface area contributed by atoms with Gasteiger partial charge in [0.15, 0.2) is 17.6 Å². The van der Waals surface area contributed by atoms with E-state index in [1.807, 2.05) is 0 Å². The number of aromatic hydroxyl groups is 1. The Bertz CT molecular complexity index is 849. The van der Waals surface area contributed by atoms with Gasteiger partial charge in [-0.25, -0.2) is 4.79 Å². The number of rotatable bonds is 5. The fourth-order valence-electron chi connectivity index (χ4n) is 2.31. The van der Waals surface area contributed by atoms with Crippen molar-refractivity contribution in [3.63, 3.8) is 0 Å². The van der Waals surface area contributed by atoms with Crippen LogP contribution < -0.4 is 19.5 Å². The number of carbonyl (C=O) groups is 2. The van der Waals surface area contributed by atoms with Crippen molar-refractivity contribution in [1.29, 1.82) is 0 Å². The molecular formula is C18H17NO7. The van der Waals surface area contributed by atoms with E-state index in [-0.39, 0.29) is 18.1 Å². The van der Waals surface area contributed by atoms with Crippen LogP contribution in [0.2, 0.25) is 0 Å². The van der Waals surface area contributed by atoms with Crippen LogP contribution in [-0.2, 0) is 9.53 Å². The molecule has 2 aromatic carbocycles. The molecule has 8 nitrogen and oxygen atoms in total. The second-order valence-electron chi connectivity index (χ2n) is 5.49. The quantitative estimate of drug-likeness (QED) is 0.790. The number of phenolic OH excluding ortho intramolecular Hbond substituents is 1. The van der Waals surface area contributed by atoms with Crippen molar-refractivity contribution in [1.82, 2.24) is 0 Å². The zero-order valence-electron chi connectivity index (χ0n) is 14.1. The summed E-state index contributed by atoms with van der Waals surface area (Å²) in [5, 5.41) is 12.5. The van der Waals surface area contributed by atoms with Gasteiger partial charge in [0.05, 0.1) is 7.11 Å². The number of phenols is 1. The third kappa shape index (κ3) is 3.64. The number of esters is 1. The summed E-state index contributed by atoms with van der Waals surface area (Å²) in [5.74, 6) is -0.123. The summed E-state index contributed by atoms with van der Waals surface area (Å²) in [7, 11) is 1.44. The van der Waals surface area contributed by atoms with Crippen molar-refractivity contribution in [2.45, 2.75) is 13.0 Å². The Kier molecular flexibility index (Phi) is 4.83. The Balaban J connectivity index is 1.62. The molecule has 136 valence electrons. The molecule has 1 aliphatic rings. The molecule has 8 heteroatoms. The predicted molar refractivity (Wildman–Crippen MR) is 90.7 cm³/mol. The number of methoxy groups -OCH3 is 1. The second-order valence-corrected chi connectivity index (χ2v) is 5.49. The van der Waals surface area contributed by atoms with Crippen LogP contribution in [0.4, 0.5) is 5.69 Å². The molecule has 2 N–H and O–H groups in total. The van der Waals surface area contributed by atoms with Crippen LogP contribution in [0.3, 0.4) is 0 Å². The van der Waals surface area contributed by atoms with Gasteiger partial charge in [-0.05, 0) is 31.2 Å². The van der Waals surface area contributed by atoms with Gasteiger partial charge in [0, 0.05) is 17.8 Å². The molecule has 0 saturated carbocycles. The summed E-state index contributed by atoms with van der Waals surface area (Å²) in [4.78, 5) is 24.4. The SMILES string of the molecule is COc1ccc(C(=O)O[C@@H](C)C(=O)Nc2ccc3c(c2)OCO3)c(O)c1. The van der Waals surface area contributed by atoms with Gasteiger partial charge in [0.25, 0.3) is 5.91 Å². The molecule has 26 heavy (non-hydrogen) atoms. The summed E-state index contributed by atoms with van der Waals surface area (Å²) >= 11 is 0. The topological polar surface area (TPSA) is 103 Å². The van der Waals surface area contributed by atoms with E-state index in [4.69, 9.17) is 18.9 Å². The molecule has 1 atom stereocenters. The molecule has 1 amide bonds. The lowest BCUT2D eigenvalue weighted by atomic mass is 10.2. The number of carbonyl (C=O) groups excluding carboxylic acids is 2. The van der Waals surface area contributed by atoms with Gasteiger partial charge >= 0.3 is 5.97 Å². The molecule has 1 heterocycles. The molecule has 0 saturated heterocycles. The fraction of sp³-hybridized carbons (Fsp3) is 0.222. The molecule has 0 unspecified atom stereocenters. The monoisotopic (exact) mass is 359 g/mol. The highest BCUT2D eigenvalue weighted by Crippen LogP contribution is 2.34. The Morgan fingerprint density at radius 1 is 1.15 bits per heavy atom. The van der Waals surface area contributed by atoms with E-state index in [2.05, 4.69) is 5.32 Å². The van der Waals surface area contributed by atoms with Crippen molar-refractivity contribution >= 4 is 17.6 Å². The van der Waals surface area contributed by atoms with Gasteiger partial charge in [-0.15, -0.1) is 0 Å². The van der Waals surface area contributed by atoms with E-state index < -0.39 is 18.0 Å². The minimum Gasteiger partial charge on any atom is -0.507 e. The second kappa shape index (κ2) is 7.22.